The smallest absolute Gasteiger partial charge is 0.254 e. The monoisotopic (exact) mass is 351 g/mol. The number of aromatic nitrogens is 2. The summed E-state index contributed by atoms with van der Waals surface area (Å²) >= 11 is 0. The Morgan fingerprint density at radius 2 is 1.62 bits per heavy atom. The summed E-state index contributed by atoms with van der Waals surface area (Å²) in [6.45, 7) is 2.28. The summed E-state index contributed by atoms with van der Waals surface area (Å²) in [5.41, 5.74) is 2.70. The van der Waals surface area contributed by atoms with Crippen LogP contribution in [0.25, 0.3) is 0 Å². The molecule has 2 aromatic rings. The molecule has 1 aliphatic heterocycles. The van der Waals surface area contributed by atoms with Crippen molar-refractivity contribution in [3.05, 3.63) is 42.2 Å². The van der Waals surface area contributed by atoms with E-state index in [2.05, 4.69) is 37.6 Å². The van der Waals surface area contributed by atoms with Gasteiger partial charge >= 0.3 is 0 Å². The van der Waals surface area contributed by atoms with Crippen LogP contribution in [0.15, 0.2) is 36.7 Å². The predicted octanol–water partition coefficient (Wildman–Crippen LogP) is 3.49. The summed E-state index contributed by atoms with van der Waals surface area (Å²) in [5.74, 6) is 0.412. The quantitative estimate of drug-likeness (QED) is 0.863. The Labute approximate surface area is 154 Å². The number of rotatable bonds is 5. The number of hydrogen-bond donors (Lipinski definition) is 2. The molecule has 1 saturated heterocycles. The zero-order valence-electron chi connectivity index (χ0n) is 14.9. The molecular formula is C20H25N5O. The molecule has 2 aliphatic rings. The van der Waals surface area contributed by atoms with E-state index in [0.29, 0.717) is 17.6 Å². The maximum Gasteiger partial charge on any atom is 0.254 e. The van der Waals surface area contributed by atoms with Gasteiger partial charge in [0.1, 0.15) is 0 Å². The average Bonchev–Trinajstić information content (AvgIpc) is 3.37. The standard InChI is InChI=1S/C20H25N5O/c26-19(23-16-5-1-2-6-16)15-13-21-20(22-14-15)24-17-7-9-18(10-8-17)25-11-3-4-12-25/h7-10,13-14,16H,1-6,11-12H2,(H,23,26)(H,21,22,24). The van der Waals surface area contributed by atoms with Crippen molar-refractivity contribution in [2.45, 2.75) is 44.6 Å². The first-order valence-electron chi connectivity index (χ1n) is 9.53. The van der Waals surface area contributed by atoms with E-state index in [9.17, 15) is 4.79 Å². The van der Waals surface area contributed by atoms with Gasteiger partial charge in [0.2, 0.25) is 5.95 Å². The SMILES string of the molecule is O=C(NC1CCCC1)c1cnc(Nc2ccc(N3CCCC3)cc2)nc1. The number of nitrogens with zero attached hydrogens (tertiary/aromatic N) is 3. The third-order valence-electron chi connectivity index (χ3n) is 5.20. The average molecular weight is 351 g/mol. The van der Waals surface area contributed by atoms with Gasteiger partial charge in [-0.2, -0.15) is 0 Å². The third-order valence-corrected chi connectivity index (χ3v) is 5.20. The Bertz CT molecular complexity index is 732. The van der Waals surface area contributed by atoms with Crippen LogP contribution in [-0.4, -0.2) is 35.0 Å². The zero-order chi connectivity index (χ0) is 17.8. The summed E-state index contributed by atoms with van der Waals surface area (Å²) < 4.78 is 0. The summed E-state index contributed by atoms with van der Waals surface area (Å²) in [5, 5.41) is 6.24. The van der Waals surface area contributed by atoms with E-state index in [1.165, 1.54) is 31.4 Å². The Morgan fingerprint density at radius 3 is 2.27 bits per heavy atom. The van der Waals surface area contributed by atoms with Gasteiger partial charge in [0, 0.05) is 42.9 Å². The van der Waals surface area contributed by atoms with Crippen molar-refractivity contribution < 1.29 is 4.79 Å². The number of anilines is 3. The van der Waals surface area contributed by atoms with Crippen molar-refractivity contribution in [2.75, 3.05) is 23.3 Å². The van der Waals surface area contributed by atoms with E-state index in [4.69, 9.17) is 0 Å². The Morgan fingerprint density at radius 1 is 0.962 bits per heavy atom. The topological polar surface area (TPSA) is 70.2 Å². The number of nitrogens with one attached hydrogen (secondary N) is 2. The number of carbonyl (C=O) groups is 1. The second kappa shape index (κ2) is 7.72. The van der Waals surface area contributed by atoms with Crippen LogP contribution >= 0.6 is 0 Å². The minimum absolute atomic E-state index is 0.0848. The molecule has 0 radical (unpaired) electrons. The fraction of sp³-hybridized carbons (Fsp3) is 0.450. The lowest BCUT2D eigenvalue weighted by molar-refractivity contribution is 0.0937. The van der Waals surface area contributed by atoms with Crippen LogP contribution in [0.5, 0.6) is 0 Å². The maximum atomic E-state index is 12.2. The maximum absolute atomic E-state index is 12.2. The number of amides is 1. The molecular weight excluding hydrogens is 326 g/mol. The largest absolute Gasteiger partial charge is 0.372 e. The summed E-state index contributed by atoms with van der Waals surface area (Å²) in [6.07, 6.45) is 10.2. The number of benzene rings is 1. The normalized spacial score (nSPS) is 17.5. The number of carbonyl (C=O) groups excluding carboxylic acids is 1. The summed E-state index contributed by atoms with van der Waals surface area (Å²) in [6, 6.07) is 8.62. The highest BCUT2D eigenvalue weighted by molar-refractivity contribution is 5.93. The molecule has 4 rings (SSSR count). The fourth-order valence-electron chi connectivity index (χ4n) is 3.71. The van der Waals surface area contributed by atoms with Crippen LogP contribution < -0.4 is 15.5 Å². The second-order valence-corrected chi connectivity index (χ2v) is 7.12. The molecule has 1 amide bonds. The molecule has 2 N–H and O–H groups in total. The van der Waals surface area contributed by atoms with Gasteiger partial charge in [-0.05, 0) is 49.9 Å². The zero-order valence-corrected chi connectivity index (χ0v) is 14.9. The van der Waals surface area contributed by atoms with Crippen LogP contribution in [0.1, 0.15) is 48.9 Å². The van der Waals surface area contributed by atoms with Crippen molar-refractivity contribution in [3.63, 3.8) is 0 Å². The molecule has 0 bridgehead atoms. The molecule has 0 atom stereocenters. The molecule has 1 aromatic carbocycles. The van der Waals surface area contributed by atoms with Crippen LogP contribution in [0.3, 0.4) is 0 Å². The molecule has 6 nitrogen and oxygen atoms in total. The van der Waals surface area contributed by atoms with Gasteiger partial charge in [0.25, 0.3) is 5.91 Å². The predicted molar refractivity (Wildman–Crippen MR) is 103 cm³/mol. The van der Waals surface area contributed by atoms with Crippen molar-refractivity contribution in [2.24, 2.45) is 0 Å². The fourth-order valence-corrected chi connectivity index (χ4v) is 3.71. The van der Waals surface area contributed by atoms with E-state index in [1.807, 2.05) is 12.1 Å². The lowest BCUT2D eigenvalue weighted by Gasteiger charge is -2.17. The van der Waals surface area contributed by atoms with Gasteiger partial charge in [0.15, 0.2) is 0 Å². The lowest BCUT2D eigenvalue weighted by Crippen LogP contribution is -2.32. The molecule has 26 heavy (non-hydrogen) atoms. The molecule has 1 aliphatic carbocycles. The van der Waals surface area contributed by atoms with Crippen LogP contribution in [0.4, 0.5) is 17.3 Å². The van der Waals surface area contributed by atoms with E-state index < -0.39 is 0 Å². The van der Waals surface area contributed by atoms with Crippen molar-refractivity contribution in [3.8, 4) is 0 Å². The summed E-state index contributed by atoms with van der Waals surface area (Å²) in [4.78, 5) is 23.2. The highest BCUT2D eigenvalue weighted by atomic mass is 16.1. The van der Waals surface area contributed by atoms with Crippen molar-refractivity contribution in [1.82, 2.24) is 15.3 Å². The molecule has 2 heterocycles. The molecule has 1 aromatic heterocycles. The van der Waals surface area contributed by atoms with Gasteiger partial charge in [0.05, 0.1) is 5.56 Å². The minimum atomic E-state index is -0.0848. The summed E-state index contributed by atoms with van der Waals surface area (Å²) in [7, 11) is 0. The van der Waals surface area contributed by atoms with E-state index >= 15 is 0 Å². The van der Waals surface area contributed by atoms with Crippen LogP contribution in [0, 0.1) is 0 Å². The van der Waals surface area contributed by atoms with E-state index in [-0.39, 0.29) is 5.91 Å². The Balaban J connectivity index is 1.35. The van der Waals surface area contributed by atoms with Gasteiger partial charge in [-0.15, -0.1) is 0 Å². The molecule has 6 heteroatoms. The minimum Gasteiger partial charge on any atom is -0.372 e. The highest BCUT2D eigenvalue weighted by Gasteiger charge is 2.18. The first-order chi connectivity index (χ1) is 12.8. The van der Waals surface area contributed by atoms with Crippen LogP contribution in [0.2, 0.25) is 0 Å². The van der Waals surface area contributed by atoms with Crippen molar-refractivity contribution in [1.29, 1.82) is 0 Å². The molecule has 136 valence electrons. The van der Waals surface area contributed by atoms with Gasteiger partial charge in [-0.3, -0.25) is 4.79 Å². The molecule has 2 fully saturated rings. The second-order valence-electron chi connectivity index (χ2n) is 7.12. The molecule has 1 saturated carbocycles. The van der Waals surface area contributed by atoms with Gasteiger partial charge in [-0.25, -0.2) is 9.97 Å². The Kier molecular flexibility index (Phi) is 5.00. The first kappa shape index (κ1) is 16.8. The van der Waals surface area contributed by atoms with Crippen molar-refractivity contribution >= 4 is 23.2 Å². The van der Waals surface area contributed by atoms with Gasteiger partial charge < -0.3 is 15.5 Å². The first-order valence-corrected chi connectivity index (χ1v) is 9.53. The molecule has 0 unspecified atom stereocenters. The van der Waals surface area contributed by atoms with E-state index in [1.54, 1.807) is 12.4 Å². The highest BCUT2D eigenvalue weighted by Crippen LogP contribution is 2.23. The van der Waals surface area contributed by atoms with Crippen LogP contribution in [-0.2, 0) is 0 Å². The lowest BCUT2D eigenvalue weighted by atomic mass is 10.2. The van der Waals surface area contributed by atoms with E-state index in [0.717, 1.165) is 31.6 Å². The Hall–Kier alpha value is -2.63. The third kappa shape index (κ3) is 3.95. The molecule has 0 spiro atoms. The number of hydrogen-bond acceptors (Lipinski definition) is 5. The van der Waals surface area contributed by atoms with Gasteiger partial charge in [-0.1, -0.05) is 12.8 Å².